The van der Waals surface area contributed by atoms with Crippen molar-refractivity contribution in [3.63, 3.8) is 0 Å². The van der Waals surface area contributed by atoms with Crippen molar-refractivity contribution >= 4 is 0 Å². The van der Waals surface area contributed by atoms with Crippen molar-refractivity contribution in [1.82, 2.24) is 20.5 Å². The Morgan fingerprint density at radius 2 is 1.82 bits per heavy atom. The van der Waals surface area contributed by atoms with E-state index in [1.807, 2.05) is 0 Å². The molecule has 0 aliphatic rings. The van der Waals surface area contributed by atoms with Crippen molar-refractivity contribution < 1.29 is 13.2 Å². The van der Waals surface area contributed by atoms with Crippen LogP contribution in [-0.2, 0) is 13.1 Å². The number of halogens is 3. The van der Waals surface area contributed by atoms with Gasteiger partial charge in [-0.3, -0.25) is 5.10 Å². The maximum Gasteiger partial charge on any atom is 0.194 e. The Hall–Kier alpha value is -1.89. The van der Waals surface area contributed by atoms with Crippen LogP contribution in [0.3, 0.4) is 0 Å². The van der Waals surface area contributed by atoms with Crippen LogP contribution >= 0.6 is 0 Å². The van der Waals surface area contributed by atoms with Gasteiger partial charge in [0.1, 0.15) is 12.2 Å². The lowest BCUT2D eigenvalue weighted by molar-refractivity contribution is 0.444. The molecule has 7 heteroatoms. The summed E-state index contributed by atoms with van der Waals surface area (Å²) in [5.41, 5.74) is 0.320. The van der Waals surface area contributed by atoms with Crippen LogP contribution in [0.25, 0.3) is 0 Å². The summed E-state index contributed by atoms with van der Waals surface area (Å²) in [5.74, 6) is -3.24. The minimum atomic E-state index is -1.45. The van der Waals surface area contributed by atoms with Gasteiger partial charge in [0.25, 0.3) is 0 Å². The maximum absolute atomic E-state index is 12.9. The van der Waals surface area contributed by atoms with Gasteiger partial charge in [-0.15, -0.1) is 0 Å². The molecule has 1 aromatic carbocycles. The number of aromatic amines is 1. The molecule has 0 aliphatic heterocycles. The van der Waals surface area contributed by atoms with Gasteiger partial charge in [-0.25, -0.2) is 18.2 Å². The van der Waals surface area contributed by atoms with E-state index in [9.17, 15) is 13.2 Å². The Kier molecular flexibility index (Phi) is 3.38. The van der Waals surface area contributed by atoms with Gasteiger partial charge in [-0.2, -0.15) is 5.10 Å². The summed E-state index contributed by atoms with van der Waals surface area (Å²) < 4.78 is 38.4. The number of hydrogen-bond donors (Lipinski definition) is 2. The SMILES string of the molecule is Fc1cc(CNCc2ncn[nH]2)cc(F)c1F. The van der Waals surface area contributed by atoms with E-state index in [4.69, 9.17) is 0 Å². The molecule has 0 atom stereocenters. The van der Waals surface area contributed by atoms with Crippen molar-refractivity contribution in [2.75, 3.05) is 0 Å². The molecule has 0 unspecified atom stereocenters. The molecular formula is C10H9F3N4. The van der Waals surface area contributed by atoms with Gasteiger partial charge in [-0.1, -0.05) is 0 Å². The Morgan fingerprint density at radius 1 is 1.12 bits per heavy atom. The fourth-order valence-electron chi connectivity index (χ4n) is 1.35. The molecule has 2 N–H and O–H groups in total. The van der Waals surface area contributed by atoms with E-state index in [1.54, 1.807) is 0 Å². The highest BCUT2D eigenvalue weighted by atomic mass is 19.2. The molecule has 0 spiro atoms. The van der Waals surface area contributed by atoms with Crippen molar-refractivity contribution in [1.29, 1.82) is 0 Å². The first kappa shape index (κ1) is 11.6. The molecule has 4 nitrogen and oxygen atoms in total. The van der Waals surface area contributed by atoms with Crippen LogP contribution in [0, 0.1) is 17.5 Å². The lowest BCUT2D eigenvalue weighted by atomic mass is 10.2. The molecule has 0 aliphatic carbocycles. The molecular weight excluding hydrogens is 233 g/mol. The Balaban J connectivity index is 1.95. The molecule has 1 aromatic heterocycles. The third-order valence-corrected chi connectivity index (χ3v) is 2.13. The van der Waals surface area contributed by atoms with Gasteiger partial charge in [0.15, 0.2) is 17.5 Å². The highest BCUT2D eigenvalue weighted by molar-refractivity contribution is 5.19. The number of nitrogens with zero attached hydrogens (tertiary/aromatic N) is 2. The van der Waals surface area contributed by atoms with Crippen LogP contribution in [0.2, 0.25) is 0 Å². The van der Waals surface area contributed by atoms with E-state index in [0.29, 0.717) is 17.9 Å². The van der Waals surface area contributed by atoms with E-state index in [0.717, 1.165) is 12.1 Å². The molecule has 0 fully saturated rings. The summed E-state index contributed by atoms with van der Waals surface area (Å²) >= 11 is 0. The molecule has 1 heterocycles. The van der Waals surface area contributed by atoms with Gasteiger partial charge in [0, 0.05) is 6.54 Å². The fraction of sp³-hybridized carbons (Fsp3) is 0.200. The second kappa shape index (κ2) is 4.96. The van der Waals surface area contributed by atoms with Crippen molar-refractivity contribution in [2.24, 2.45) is 0 Å². The summed E-state index contributed by atoms with van der Waals surface area (Å²) in [6, 6.07) is 1.90. The number of hydrogen-bond acceptors (Lipinski definition) is 3. The molecule has 2 aromatic rings. The summed E-state index contributed by atoms with van der Waals surface area (Å²) in [5, 5.41) is 9.15. The second-order valence-electron chi connectivity index (χ2n) is 3.41. The van der Waals surface area contributed by atoms with Gasteiger partial charge < -0.3 is 5.32 Å². The highest BCUT2D eigenvalue weighted by Gasteiger charge is 2.10. The topological polar surface area (TPSA) is 53.6 Å². The molecule has 90 valence electrons. The first-order valence-corrected chi connectivity index (χ1v) is 4.85. The molecule has 0 saturated carbocycles. The predicted molar refractivity (Wildman–Crippen MR) is 53.2 cm³/mol. The summed E-state index contributed by atoms with van der Waals surface area (Å²) in [7, 11) is 0. The van der Waals surface area contributed by atoms with Crippen LogP contribution in [0.15, 0.2) is 18.5 Å². The van der Waals surface area contributed by atoms with Gasteiger partial charge >= 0.3 is 0 Å². The van der Waals surface area contributed by atoms with Crippen molar-refractivity contribution in [3.8, 4) is 0 Å². The van der Waals surface area contributed by atoms with Gasteiger partial charge in [-0.05, 0) is 17.7 Å². The smallest absolute Gasteiger partial charge is 0.194 e. The summed E-state index contributed by atoms with van der Waals surface area (Å²) in [6.07, 6.45) is 1.36. The zero-order chi connectivity index (χ0) is 12.3. The van der Waals surface area contributed by atoms with Crippen LogP contribution in [-0.4, -0.2) is 15.2 Å². The molecule has 17 heavy (non-hydrogen) atoms. The number of H-pyrrole nitrogens is 1. The minimum Gasteiger partial charge on any atom is -0.306 e. The van der Waals surface area contributed by atoms with E-state index in [-0.39, 0.29) is 6.54 Å². The molecule has 0 radical (unpaired) electrons. The number of rotatable bonds is 4. The molecule has 0 saturated heterocycles. The van der Waals surface area contributed by atoms with Crippen molar-refractivity contribution in [2.45, 2.75) is 13.1 Å². The third-order valence-electron chi connectivity index (χ3n) is 2.13. The highest BCUT2D eigenvalue weighted by Crippen LogP contribution is 2.13. The zero-order valence-electron chi connectivity index (χ0n) is 8.67. The second-order valence-corrected chi connectivity index (χ2v) is 3.41. The number of nitrogens with one attached hydrogen (secondary N) is 2. The predicted octanol–water partition coefficient (Wildman–Crippen LogP) is 1.51. The van der Waals surface area contributed by atoms with Crippen LogP contribution < -0.4 is 5.32 Å². The van der Waals surface area contributed by atoms with Crippen LogP contribution in [0.1, 0.15) is 11.4 Å². The summed E-state index contributed by atoms with van der Waals surface area (Å²) in [6.45, 7) is 0.579. The normalized spacial score (nSPS) is 10.8. The Bertz CT molecular complexity index is 475. The van der Waals surface area contributed by atoms with Crippen LogP contribution in [0.5, 0.6) is 0 Å². The zero-order valence-corrected chi connectivity index (χ0v) is 8.67. The van der Waals surface area contributed by atoms with Gasteiger partial charge in [0.05, 0.1) is 6.54 Å². The molecule has 0 bridgehead atoms. The Morgan fingerprint density at radius 3 is 2.41 bits per heavy atom. The lowest BCUT2D eigenvalue weighted by Gasteiger charge is -2.04. The first-order chi connectivity index (χ1) is 8.16. The van der Waals surface area contributed by atoms with Crippen molar-refractivity contribution in [3.05, 3.63) is 47.3 Å². The van der Waals surface area contributed by atoms with Gasteiger partial charge in [0.2, 0.25) is 0 Å². The lowest BCUT2D eigenvalue weighted by Crippen LogP contribution is -2.14. The standard InChI is InChI=1S/C10H9F3N4/c11-7-1-6(2-8(12)10(7)13)3-14-4-9-15-5-16-17-9/h1-2,5,14H,3-4H2,(H,15,16,17). The van der Waals surface area contributed by atoms with Crippen LogP contribution in [0.4, 0.5) is 13.2 Å². The average molecular weight is 242 g/mol. The van der Waals surface area contributed by atoms with E-state index >= 15 is 0 Å². The quantitative estimate of drug-likeness (QED) is 0.799. The maximum atomic E-state index is 12.9. The monoisotopic (exact) mass is 242 g/mol. The number of aromatic nitrogens is 3. The summed E-state index contributed by atoms with van der Waals surface area (Å²) in [4.78, 5) is 3.86. The van der Waals surface area contributed by atoms with E-state index < -0.39 is 17.5 Å². The molecule has 2 rings (SSSR count). The number of benzene rings is 1. The van der Waals surface area contributed by atoms with E-state index in [2.05, 4.69) is 20.5 Å². The fourth-order valence-corrected chi connectivity index (χ4v) is 1.35. The average Bonchev–Trinajstić information content (AvgIpc) is 2.79. The molecule has 0 amide bonds. The Labute approximate surface area is 94.9 Å². The van der Waals surface area contributed by atoms with E-state index in [1.165, 1.54) is 6.33 Å². The minimum absolute atomic E-state index is 0.203. The third kappa shape index (κ3) is 2.82. The first-order valence-electron chi connectivity index (χ1n) is 4.85. The largest absolute Gasteiger partial charge is 0.306 e.